The number of aryl methyl sites for hydroxylation is 2. The molecule has 3 rings (SSSR count). The van der Waals surface area contributed by atoms with Crippen molar-refractivity contribution in [3.8, 4) is 0 Å². The van der Waals surface area contributed by atoms with Crippen LogP contribution >= 0.6 is 0 Å². The molecule has 1 amide bonds. The van der Waals surface area contributed by atoms with Crippen LogP contribution in [0.2, 0.25) is 0 Å². The van der Waals surface area contributed by atoms with Crippen molar-refractivity contribution >= 4 is 11.6 Å². The summed E-state index contributed by atoms with van der Waals surface area (Å²) in [5, 5.41) is 17.4. The van der Waals surface area contributed by atoms with Gasteiger partial charge in [0, 0.05) is 19.3 Å². The molecule has 0 radical (unpaired) electrons. The van der Waals surface area contributed by atoms with Gasteiger partial charge in [0.1, 0.15) is 0 Å². The number of amides is 1. The van der Waals surface area contributed by atoms with Crippen molar-refractivity contribution in [1.29, 1.82) is 0 Å². The minimum atomic E-state index is -0.402. The molecule has 6 nitrogen and oxygen atoms in total. The normalized spacial score (nSPS) is 21.2. The van der Waals surface area contributed by atoms with Gasteiger partial charge < -0.3 is 10.4 Å². The van der Waals surface area contributed by atoms with Crippen molar-refractivity contribution in [1.82, 2.24) is 14.7 Å². The average Bonchev–Trinajstić information content (AvgIpc) is 2.97. The second-order valence-corrected chi connectivity index (χ2v) is 6.89. The van der Waals surface area contributed by atoms with E-state index in [4.69, 9.17) is 0 Å². The standard InChI is InChI=1S/C19H26N4O2/c1-14-5-7-15(8-6-14)10-17-18(24)4-3-9-23(17)13-19(25)21-16-11-20-22(2)12-16/h5-8,11-12,17-18,24H,3-4,9-10,13H2,1-2H3,(H,21,25)/t17-,18-/m0/s1. The van der Waals surface area contributed by atoms with Gasteiger partial charge in [-0.1, -0.05) is 29.8 Å². The van der Waals surface area contributed by atoms with Crippen LogP contribution in [0.15, 0.2) is 36.7 Å². The van der Waals surface area contributed by atoms with E-state index in [2.05, 4.69) is 46.5 Å². The van der Waals surface area contributed by atoms with Gasteiger partial charge in [-0.05, 0) is 38.3 Å². The zero-order chi connectivity index (χ0) is 17.8. The number of piperidine rings is 1. The Morgan fingerprint density at radius 3 is 2.80 bits per heavy atom. The number of rotatable bonds is 5. The zero-order valence-electron chi connectivity index (χ0n) is 14.9. The van der Waals surface area contributed by atoms with Crippen LogP contribution in [0.5, 0.6) is 0 Å². The molecule has 0 aliphatic carbocycles. The smallest absolute Gasteiger partial charge is 0.238 e. The van der Waals surface area contributed by atoms with Crippen LogP contribution in [0.1, 0.15) is 24.0 Å². The highest BCUT2D eigenvalue weighted by molar-refractivity contribution is 5.92. The van der Waals surface area contributed by atoms with E-state index in [0.717, 1.165) is 25.8 Å². The van der Waals surface area contributed by atoms with Crippen LogP contribution in [0.3, 0.4) is 0 Å². The highest BCUT2D eigenvalue weighted by Gasteiger charge is 2.31. The number of hydrogen-bond donors (Lipinski definition) is 2. The number of aromatic nitrogens is 2. The van der Waals surface area contributed by atoms with Crippen molar-refractivity contribution in [3.05, 3.63) is 47.8 Å². The van der Waals surface area contributed by atoms with E-state index in [-0.39, 0.29) is 18.5 Å². The van der Waals surface area contributed by atoms with Gasteiger partial charge in [0.25, 0.3) is 0 Å². The van der Waals surface area contributed by atoms with E-state index >= 15 is 0 Å². The number of aliphatic hydroxyl groups is 1. The number of likely N-dealkylation sites (tertiary alicyclic amines) is 1. The molecule has 0 bridgehead atoms. The van der Waals surface area contributed by atoms with Crippen LogP contribution in [0.25, 0.3) is 0 Å². The molecular formula is C19H26N4O2. The lowest BCUT2D eigenvalue weighted by atomic mass is 9.92. The topological polar surface area (TPSA) is 70.4 Å². The Balaban J connectivity index is 1.64. The van der Waals surface area contributed by atoms with Crippen LogP contribution in [-0.2, 0) is 18.3 Å². The first-order chi connectivity index (χ1) is 12.0. The van der Waals surface area contributed by atoms with E-state index < -0.39 is 6.10 Å². The molecule has 1 saturated heterocycles. The lowest BCUT2D eigenvalue weighted by Crippen LogP contribution is -2.51. The molecule has 2 heterocycles. The summed E-state index contributed by atoms with van der Waals surface area (Å²) in [6, 6.07) is 8.35. The second kappa shape index (κ2) is 7.80. The number of nitrogens with zero attached hydrogens (tertiary/aromatic N) is 3. The average molecular weight is 342 g/mol. The van der Waals surface area contributed by atoms with Crippen molar-refractivity contribution in [3.63, 3.8) is 0 Å². The maximum absolute atomic E-state index is 12.4. The largest absolute Gasteiger partial charge is 0.391 e. The molecule has 1 aliphatic heterocycles. The molecule has 6 heteroatoms. The Hall–Kier alpha value is -2.18. The number of carbonyl (C=O) groups excluding carboxylic acids is 1. The van der Waals surface area contributed by atoms with Crippen molar-refractivity contribution < 1.29 is 9.90 Å². The molecule has 1 aromatic carbocycles. The molecule has 1 fully saturated rings. The number of carbonyl (C=O) groups is 1. The number of hydrogen-bond acceptors (Lipinski definition) is 4. The van der Waals surface area contributed by atoms with Gasteiger partial charge in [-0.3, -0.25) is 14.4 Å². The number of anilines is 1. The van der Waals surface area contributed by atoms with E-state index in [0.29, 0.717) is 5.69 Å². The molecule has 0 saturated carbocycles. The fraction of sp³-hybridized carbons (Fsp3) is 0.474. The Morgan fingerprint density at radius 2 is 2.12 bits per heavy atom. The summed E-state index contributed by atoms with van der Waals surface area (Å²) >= 11 is 0. The maximum atomic E-state index is 12.4. The van der Waals surface area contributed by atoms with Gasteiger partial charge in [-0.15, -0.1) is 0 Å². The fourth-order valence-corrected chi connectivity index (χ4v) is 3.40. The second-order valence-electron chi connectivity index (χ2n) is 6.89. The van der Waals surface area contributed by atoms with Crippen LogP contribution < -0.4 is 5.32 Å². The SMILES string of the molecule is Cc1ccc(C[C@H]2[C@@H](O)CCCN2CC(=O)Nc2cnn(C)c2)cc1. The fourth-order valence-electron chi connectivity index (χ4n) is 3.40. The predicted octanol–water partition coefficient (Wildman–Crippen LogP) is 1.74. The minimum absolute atomic E-state index is 0.0314. The monoisotopic (exact) mass is 342 g/mol. The molecular weight excluding hydrogens is 316 g/mol. The third-order valence-corrected chi connectivity index (χ3v) is 4.76. The lowest BCUT2D eigenvalue weighted by molar-refractivity contribution is -0.119. The Bertz CT molecular complexity index is 710. The van der Waals surface area contributed by atoms with Crippen molar-refractivity contribution in [2.45, 2.75) is 38.3 Å². The summed E-state index contributed by atoms with van der Waals surface area (Å²) in [6.07, 6.45) is 5.45. The molecule has 0 unspecified atom stereocenters. The van der Waals surface area contributed by atoms with E-state index in [1.54, 1.807) is 17.1 Å². The lowest BCUT2D eigenvalue weighted by Gasteiger charge is -2.38. The van der Waals surface area contributed by atoms with Gasteiger partial charge in [0.15, 0.2) is 0 Å². The molecule has 2 aromatic rings. The molecule has 1 aromatic heterocycles. The quantitative estimate of drug-likeness (QED) is 0.868. The molecule has 0 spiro atoms. The first-order valence-corrected chi connectivity index (χ1v) is 8.77. The van der Waals surface area contributed by atoms with Crippen molar-refractivity contribution in [2.75, 3.05) is 18.4 Å². The maximum Gasteiger partial charge on any atom is 0.238 e. The summed E-state index contributed by atoms with van der Waals surface area (Å²) < 4.78 is 1.65. The first kappa shape index (κ1) is 17.6. The summed E-state index contributed by atoms with van der Waals surface area (Å²) in [6.45, 7) is 3.17. The Labute approximate surface area is 148 Å². The van der Waals surface area contributed by atoms with Gasteiger partial charge in [-0.25, -0.2) is 0 Å². The minimum Gasteiger partial charge on any atom is -0.391 e. The van der Waals surface area contributed by atoms with Gasteiger partial charge in [0.2, 0.25) is 5.91 Å². The predicted molar refractivity (Wildman–Crippen MR) is 97.3 cm³/mol. The van der Waals surface area contributed by atoms with Gasteiger partial charge >= 0.3 is 0 Å². The highest BCUT2D eigenvalue weighted by atomic mass is 16.3. The van der Waals surface area contributed by atoms with E-state index in [9.17, 15) is 9.90 Å². The first-order valence-electron chi connectivity index (χ1n) is 8.77. The summed E-state index contributed by atoms with van der Waals surface area (Å²) in [7, 11) is 1.81. The molecule has 25 heavy (non-hydrogen) atoms. The molecule has 1 aliphatic rings. The van der Waals surface area contributed by atoms with Crippen LogP contribution in [0, 0.1) is 6.92 Å². The van der Waals surface area contributed by atoms with Gasteiger partial charge in [-0.2, -0.15) is 5.10 Å². The third kappa shape index (κ3) is 4.67. The number of benzene rings is 1. The summed E-state index contributed by atoms with van der Waals surface area (Å²) in [4.78, 5) is 14.5. The number of aliphatic hydroxyl groups excluding tert-OH is 1. The van der Waals surface area contributed by atoms with Crippen molar-refractivity contribution in [2.24, 2.45) is 7.05 Å². The Kier molecular flexibility index (Phi) is 5.50. The summed E-state index contributed by atoms with van der Waals surface area (Å²) in [5.74, 6) is -0.0731. The summed E-state index contributed by atoms with van der Waals surface area (Å²) in [5.41, 5.74) is 3.11. The number of nitrogens with one attached hydrogen (secondary N) is 1. The van der Waals surface area contributed by atoms with Gasteiger partial charge in [0.05, 0.1) is 24.5 Å². The van der Waals surface area contributed by atoms with E-state index in [1.165, 1.54) is 11.1 Å². The van der Waals surface area contributed by atoms with Crippen LogP contribution in [0.4, 0.5) is 5.69 Å². The van der Waals surface area contributed by atoms with E-state index in [1.807, 2.05) is 7.05 Å². The van der Waals surface area contributed by atoms with Crippen LogP contribution in [-0.4, -0.2) is 50.9 Å². The molecule has 134 valence electrons. The molecule has 2 N–H and O–H groups in total. The Morgan fingerprint density at radius 1 is 1.36 bits per heavy atom. The third-order valence-electron chi connectivity index (χ3n) is 4.76. The highest BCUT2D eigenvalue weighted by Crippen LogP contribution is 2.21. The molecule has 2 atom stereocenters. The zero-order valence-corrected chi connectivity index (χ0v) is 14.9.